The molecule has 0 aromatic heterocycles. The third-order valence-corrected chi connectivity index (χ3v) is 3.04. The van der Waals surface area contributed by atoms with Crippen LogP contribution in [-0.4, -0.2) is 34.2 Å². The molecule has 6 heteroatoms. The van der Waals surface area contributed by atoms with Gasteiger partial charge < -0.3 is 15.5 Å². The summed E-state index contributed by atoms with van der Waals surface area (Å²) in [7, 11) is 0. The minimum Gasteiger partial charge on any atom is -0.479 e. The summed E-state index contributed by atoms with van der Waals surface area (Å²) in [5.74, 6) is -2.24. The van der Waals surface area contributed by atoms with E-state index in [9.17, 15) is 14.7 Å². The fourth-order valence-corrected chi connectivity index (χ4v) is 1.61. The normalized spacial score (nSPS) is 15.4. The standard InChI is InChI=1S/C13H16ClNO4/c1-8(9-4-3-5-10(14)6-9)11(16)15-7-13(2,19)12(17)18/h3-6,8,19H,7H2,1-2H3,(H,15,16)(H,17,18). The number of nitrogens with one attached hydrogen (secondary N) is 1. The molecule has 1 rings (SSSR count). The Hall–Kier alpha value is -1.59. The first-order chi connectivity index (χ1) is 8.74. The van der Waals surface area contributed by atoms with Gasteiger partial charge in [0.25, 0.3) is 0 Å². The third kappa shape index (κ3) is 4.22. The van der Waals surface area contributed by atoms with Crippen LogP contribution in [0.3, 0.4) is 0 Å². The van der Waals surface area contributed by atoms with Crippen molar-refractivity contribution in [1.82, 2.24) is 5.32 Å². The minimum absolute atomic E-state index is 0.355. The molecule has 0 aliphatic carbocycles. The molecular formula is C13H16ClNO4. The number of aliphatic hydroxyl groups is 1. The number of rotatable bonds is 5. The van der Waals surface area contributed by atoms with E-state index >= 15 is 0 Å². The number of aliphatic carboxylic acids is 1. The first-order valence-electron chi connectivity index (χ1n) is 5.73. The highest BCUT2D eigenvalue weighted by atomic mass is 35.5. The molecule has 0 aliphatic heterocycles. The molecule has 104 valence electrons. The molecule has 1 aromatic rings. The maximum Gasteiger partial charge on any atom is 0.337 e. The number of hydrogen-bond acceptors (Lipinski definition) is 3. The second-order valence-corrected chi connectivity index (χ2v) is 5.01. The minimum atomic E-state index is -1.98. The van der Waals surface area contributed by atoms with Crippen molar-refractivity contribution in [3.63, 3.8) is 0 Å². The van der Waals surface area contributed by atoms with E-state index in [2.05, 4.69) is 5.32 Å². The average molecular weight is 286 g/mol. The zero-order chi connectivity index (χ0) is 14.6. The molecule has 0 saturated heterocycles. The van der Waals surface area contributed by atoms with E-state index < -0.39 is 17.5 Å². The Morgan fingerprint density at radius 1 is 1.47 bits per heavy atom. The summed E-state index contributed by atoms with van der Waals surface area (Å²) in [6.07, 6.45) is 0. The Labute approximate surface area is 116 Å². The van der Waals surface area contributed by atoms with E-state index in [1.165, 1.54) is 0 Å². The number of halogens is 1. The van der Waals surface area contributed by atoms with Crippen LogP contribution in [0, 0.1) is 0 Å². The predicted octanol–water partition coefficient (Wildman–Crippen LogP) is 1.40. The van der Waals surface area contributed by atoms with Gasteiger partial charge in [0.15, 0.2) is 5.60 Å². The lowest BCUT2D eigenvalue weighted by atomic mass is 10.00. The monoisotopic (exact) mass is 285 g/mol. The van der Waals surface area contributed by atoms with Crippen LogP contribution in [0.5, 0.6) is 0 Å². The van der Waals surface area contributed by atoms with Crippen LogP contribution in [0.2, 0.25) is 5.02 Å². The van der Waals surface area contributed by atoms with Crippen molar-refractivity contribution in [1.29, 1.82) is 0 Å². The molecule has 5 nitrogen and oxygen atoms in total. The van der Waals surface area contributed by atoms with Gasteiger partial charge in [-0.25, -0.2) is 4.79 Å². The van der Waals surface area contributed by atoms with Crippen LogP contribution in [0.1, 0.15) is 25.3 Å². The van der Waals surface area contributed by atoms with E-state index in [4.69, 9.17) is 16.7 Å². The van der Waals surface area contributed by atoms with Gasteiger partial charge in [0, 0.05) is 5.02 Å². The van der Waals surface area contributed by atoms with Crippen LogP contribution >= 0.6 is 11.6 Å². The smallest absolute Gasteiger partial charge is 0.337 e. The summed E-state index contributed by atoms with van der Waals surface area (Å²) in [4.78, 5) is 22.6. The van der Waals surface area contributed by atoms with Gasteiger partial charge in [-0.15, -0.1) is 0 Å². The molecule has 0 bridgehead atoms. The number of hydrogen-bond donors (Lipinski definition) is 3. The summed E-state index contributed by atoms with van der Waals surface area (Å²) < 4.78 is 0. The lowest BCUT2D eigenvalue weighted by molar-refractivity contribution is -0.156. The van der Waals surface area contributed by atoms with Crippen molar-refractivity contribution >= 4 is 23.5 Å². The molecule has 0 radical (unpaired) electrons. The van der Waals surface area contributed by atoms with E-state index in [0.29, 0.717) is 5.02 Å². The number of carboxylic acid groups (broad SMARTS) is 1. The van der Waals surface area contributed by atoms with Crippen molar-refractivity contribution in [2.24, 2.45) is 0 Å². The number of carboxylic acids is 1. The fourth-order valence-electron chi connectivity index (χ4n) is 1.42. The van der Waals surface area contributed by atoms with Gasteiger partial charge in [-0.3, -0.25) is 4.79 Å². The van der Waals surface area contributed by atoms with Gasteiger partial charge in [-0.2, -0.15) is 0 Å². The fraction of sp³-hybridized carbons (Fsp3) is 0.385. The molecule has 0 spiro atoms. The van der Waals surface area contributed by atoms with E-state index in [-0.39, 0.29) is 12.5 Å². The SMILES string of the molecule is CC(C(=O)NCC(C)(O)C(=O)O)c1cccc(Cl)c1. The summed E-state index contributed by atoms with van der Waals surface area (Å²) in [6, 6.07) is 6.85. The zero-order valence-electron chi connectivity index (χ0n) is 10.7. The molecule has 2 unspecified atom stereocenters. The van der Waals surface area contributed by atoms with Gasteiger partial charge in [-0.05, 0) is 31.5 Å². The van der Waals surface area contributed by atoms with E-state index in [1.807, 2.05) is 0 Å². The average Bonchev–Trinajstić information content (AvgIpc) is 2.35. The Morgan fingerprint density at radius 3 is 2.63 bits per heavy atom. The van der Waals surface area contributed by atoms with Gasteiger partial charge in [0.1, 0.15) is 0 Å². The summed E-state index contributed by atoms with van der Waals surface area (Å²) in [5.41, 5.74) is -1.26. The molecule has 0 fully saturated rings. The van der Waals surface area contributed by atoms with Gasteiger partial charge in [0.2, 0.25) is 5.91 Å². The molecule has 19 heavy (non-hydrogen) atoms. The molecular weight excluding hydrogens is 270 g/mol. The Morgan fingerprint density at radius 2 is 2.11 bits per heavy atom. The van der Waals surface area contributed by atoms with E-state index in [1.54, 1.807) is 31.2 Å². The zero-order valence-corrected chi connectivity index (χ0v) is 11.4. The summed E-state index contributed by atoms with van der Waals surface area (Å²) in [6.45, 7) is 2.45. The highest BCUT2D eigenvalue weighted by Gasteiger charge is 2.31. The topological polar surface area (TPSA) is 86.6 Å². The Kier molecular flexibility index (Phi) is 4.91. The number of amides is 1. The largest absolute Gasteiger partial charge is 0.479 e. The van der Waals surface area contributed by atoms with Crippen molar-refractivity contribution < 1.29 is 19.8 Å². The number of benzene rings is 1. The third-order valence-electron chi connectivity index (χ3n) is 2.81. The van der Waals surface area contributed by atoms with Crippen LogP contribution in [0.4, 0.5) is 0 Å². The molecule has 0 aliphatic rings. The van der Waals surface area contributed by atoms with Crippen LogP contribution in [0.15, 0.2) is 24.3 Å². The number of carbonyl (C=O) groups is 2. The molecule has 1 aromatic carbocycles. The van der Waals surface area contributed by atoms with Crippen molar-refractivity contribution in [3.8, 4) is 0 Å². The first kappa shape index (κ1) is 15.5. The summed E-state index contributed by atoms with van der Waals surface area (Å²) in [5, 5.41) is 21.2. The van der Waals surface area contributed by atoms with Crippen molar-refractivity contribution in [3.05, 3.63) is 34.9 Å². The number of carbonyl (C=O) groups excluding carboxylic acids is 1. The predicted molar refractivity (Wildman–Crippen MR) is 71.1 cm³/mol. The molecule has 2 atom stereocenters. The van der Waals surface area contributed by atoms with Crippen LogP contribution in [0.25, 0.3) is 0 Å². The van der Waals surface area contributed by atoms with Crippen molar-refractivity contribution in [2.45, 2.75) is 25.4 Å². The van der Waals surface area contributed by atoms with Crippen molar-refractivity contribution in [2.75, 3.05) is 6.54 Å². The maximum absolute atomic E-state index is 11.9. The Balaban J connectivity index is 2.66. The van der Waals surface area contributed by atoms with E-state index in [0.717, 1.165) is 12.5 Å². The summed E-state index contributed by atoms with van der Waals surface area (Å²) >= 11 is 5.84. The second kappa shape index (κ2) is 6.04. The second-order valence-electron chi connectivity index (χ2n) is 4.57. The molecule has 0 saturated carbocycles. The van der Waals surface area contributed by atoms with Gasteiger partial charge >= 0.3 is 5.97 Å². The molecule has 1 amide bonds. The first-order valence-corrected chi connectivity index (χ1v) is 6.11. The molecule has 0 heterocycles. The maximum atomic E-state index is 11.9. The van der Waals surface area contributed by atoms with Gasteiger partial charge in [-0.1, -0.05) is 23.7 Å². The highest BCUT2D eigenvalue weighted by Crippen LogP contribution is 2.19. The molecule has 3 N–H and O–H groups in total. The quantitative estimate of drug-likeness (QED) is 0.763. The highest BCUT2D eigenvalue weighted by molar-refractivity contribution is 6.30. The Bertz CT molecular complexity index is 487. The van der Waals surface area contributed by atoms with Crippen LogP contribution in [-0.2, 0) is 9.59 Å². The lowest BCUT2D eigenvalue weighted by Crippen LogP contribution is -2.47. The van der Waals surface area contributed by atoms with Crippen LogP contribution < -0.4 is 5.32 Å². The lowest BCUT2D eigenvalue weighted by Gasteiger charge is -2.20. The van der Waals surface area contributed by atoms with Gasteiger partial charge in [0.05, 0.1) is 12.5 Å².